The number of hydrogen-bond acceptors (Lipinski definition) is 6. The molecule has 1 aromatic carbocycles. The largest absolute Gasteiger partial charge is 0.508 e. The summed E-state index contributed by atoms with van der Waals surface area (Å²) in [6.45, 7) is 8.91. The number of nitrogens with zero attached hydrogens (tertiary/aromatic N) is 3. The average Bonchev–Trinajstić information content (AvgIpc) is 3.28. The standard InChI is InChI=1S/C21H26N4O4/c1-5-8-25-9-7-15(23-25)18-19(21(28)22-6-2)24-29-20(18)14-10-13(12(3)4)16(26)11-17(14)27/h7,9-12,26-27H,5-6,8H2,1-4H3,(H,22,28). The maximum absolute atomic E-state index is 12.6. The van der Waals surface area contributed by atoms with Crippen molar-refractivity contribution in [3.63, 3.8) is 0 Å². The highest BCUT2D eigenvalue weighted by Crippen LogP contribution is 2.42. The zero-order valence-electron chi connectivity index (χ0n) is 17.1. The molecule has 3 aromatic rings. The zero-order valence-corrected chi connectivity index (χ0v) is 17.1. The van der Waals surface area contributed by atoms with Crippen LogP contribution in [0.1, 0.15) is 56.1 Å². The van der Waals surface area contributed by atoms with E-state index >= 15 is 0 Å². The van der Waals surface area contributed by atoms with E-state index in [-0.39, 0.29) is 34.8 Å². The van der Waals surface area contributed by atoms with Crippen molar-refractivity contribution in [2.45, 2.75) is 46.6 Å². The van der Waals surface area contributed by atoms with Gasteiger partial charge in [0.2, 0.25) is 0 Å². The zero-order chi connectivity index (χ0) is 21.1. The second-order valence-electron chi connectivity index (χ2n) is 7.14. The second kappa shape index (κ2) is 8.38. The van der Waals surface area contributed by atoms with Gasteiger partial charge in [-0.1, -0.05) is 25.9 Å². The number of nitrogens with one attached hydrogen (secondary N) is 1. The van der Waals surface area contributed by atoms with Gasteiger partial charge in [0.15, 0.2) is 11.5 Å². The van der Waals surface area contributed by atoms with Crippen LogP contribution in [0.5, 0.6) is 11.5 Å². The van der Waals surface area contributed by atoms with E-state index in [1.54, 1.807) is 16.8 Å². The number of aromatic nitrogens is 3. The number of rotatable bonds is 7. The van der Waals surface area contributed by atoms with Gasteiger partial charge in [0.1, 0.15) is 11.5 Å². The molecule has 0 saturated heterocycles. The first-order valence-corrected chi connectivity index (χ1v) is 9.75. The molecule has 0 radical (unpaired) electrons. The first-order chi connectivity index (χ1) is 13.9. The molecule has 0 atom stereocenters. The second-order valence-corrected chi connectivity index (χ2v) is 7.14. The van der Waals surface area contributed by atoms with Gasteiger partial charge in [0.05, 0.1) is 16.8 Å². The number of aryl methyl sites for hydroxylation is 1. The summed E-state index contributed by atoms with van der Waals surface area (Å²) < 4.78 is 7.31. The Kier molecular flexibility index (Phi) is 5.91. The van der Waals surface area contributed by atoms with Gasteiger partial charge < -0.3 is 20.1 Å². The first kappa shape index (κ1) is 20.4. The summed E-state index contributed by atoms with van der Waals surface area (Å²) in [6.07, 6.45) is 2.74. The molecule has 0 aliphatic heterocycles. The maximum atomic E-state index is 12.6. The van der Waals surface area contributed by atoms with Gasteiger partial charge >= 0.3 is 0 Å². The van der Waals surface area contributed by atoms with E-state index in [0.29, 0.717) is 28.9 Å². The van der Waals surface area contributed by atoms with E-state index < -0.39 is 0 Å². The predicted octanol–water partition coefficient (Wildman–Crippen LogP) is 3.90. The number of carbonyl (C=O) groups is 1. The van der Waals surface area contributed by atoms with Crippen LogP contribution in [-0.4, -0.2) is 37.6 Å². The number of aromatic hydroxyl groups is 2. The summed E-state index contributed by atoms with van der Waals surface area (Å²) >= 11 is 0. The van der Waals surface area contributed by atoms with E-state index in [1.807, 2.05) is 33.9 Å². The van der Waals surface area contributed by atoms with Gasteiger partial charge in [-0.2, -0.15) is 5.10 Å². The Morgan fingerprint density at radius 1 is 1.24 bits per heavy atom. The maximum Gasteiger partial charge on any atom is 0.274 e. The number of benzene rings is 1. The fourth-order valence-electron chi connectivity index (χ4n) is 3.20. The quantitative estimate of drug-likeness (QED) is 0.556. The highest BCUT2D eigenvalue weighted by molar-refractivity contribution is 6.02. The topological polar surface area (TPSA) is 113 Å². The van der Waals surface area contributed by atoms with Crippen LogP contribution >= 0.6 is 0 Å². The van der Waals surface area contributed by atoms with Crippen molar-refractivity contribution in [2.75, 3.05) is 6.54 Å². The summed E-state index contributed by atoms with van der Waals surface area (Å²) in [6, 6.07) is 4.72. The van der Waals surface area contributed by atoms with E-state index in [9.17, 15) is 15.0 Å². The summed E-state index contributed by atoms with van der Waals surface area (Å²) in [5.74, 6) is -0.303. The molecule has 29 heavy (non-hydrogen) atoms. The molecule has 2 heterocycles. The van der Waals surface area contributed by atoms with Crippen LogP contribution in [0, 0.1) is 0 Å². The molecule has 0 saturated carbocycles. The number of hydrogen-bond donors (Lipinski definition) is 3. The third kappa shape index (κ3) is 3.96. The van der Waals surface area contributed by atoms with Crippen molar-refractivity contribution in [1.82, 2.24) is 20.3 Å². The summed E-state index contributed by atoms with van der Waals surface area (Å²) in [7, 11) is 0. The van der Waals surface area contributed by atoms with Crippen LogP contribution in [-0.2, 0) is 6.54 Å². The van der Waals surface area contributed by atoms with Crippen molar-refractivity contribution < 1.29 is 19.5 Å². The van der Waals surface area contributed by atoms with Crippen LogP contribution in [0.15, 0.2) is 28.9 Å². The van der Waals surface area contributed by atoms with Crippen LogP contribution in [0.3, 0.4) is 0 Å². The first-order valence-electron chi connectivity index (χ1n) is 9.75. The Balaban J connectivity index is 2.22. The van der Waals surface area contributed by atoms with Crippen molar-refractivity contribution in [2.24, 2.45) is 0 Å². The molecule has 0 spiro atoms. The average molecular weight is 398 g/mol. The third-order valence-corrected chi connectivity index (χ3v) is 4.61. The lowest BCUT2D eigenvalue weighted by Gasteiger charge is -2.12. The Hall–Kier alpha value is -3.29. The molecule has 8 heteroatoms. The molecule has 8 nitrogen and oxygen atoms in total. The molecule has 1 amide bonds. The molecule has 0 aliphatic rings. The van der Waals surface area contributed by atoms with Crippen molar-refractivity contribution in [3.8, 4) is 34.1 Å². The summed E-state index contributed by atoms with van der Waals surface area (Å²) in [5.41, 5.74) is 2.02. The van der Waals surface area contributed by atoms with E-state index in [2.05, 4.69) is 15.6 Å². The minimum Gasteiger partial charge on any atom is -0.508 e. The Bertz CT molecular complexity index is 1020. The predicted molar refractivity (Wildman–Crippen MR) is 109 cm³/mol. The lowest BCUT2D eigenvalue weighted by atomic mass is 9.95. The van der Waals surface area contributed by atoms with E-state index in [4.69, 9.17) is 4.52 Å². The minimum atomic E-state index is -0.384. The van der Waals surface area contributed by atoms with Gasteiger partial charge in [0, 0.05) is 25.4 Å². The molecule has 0 fully saturated rings. The van der Waals surface area contributed by atoms with Gasteiger partial charge in [0.25, 0.3) is 5.91 Å². The van der Waals surface area contributed by atoms with Crippen molar-refractivity contribution >= 4 is 5.91 Å². The summed E-state index contributed by atoms with van der Waals surface area (Å²) in [4.78, 5) is 12.6. The SMILES string of the molecule is CCCn1ccc(-c2c(C(=O)NCC)noc2-c2cc(C(C)C)c(O)cc2O)n1. The normalized spacial score (nSPS) is 11.2. The molecular weight excluding hydrogens is 372 g/mol. The monoisotopic (exact) mass is 398 g/mol. The molecule has 154 valence electrons. The molecule has 3 rings (SSSR count). The highest BCUT2D eigenvalue weighted by Gasteiger charge is 2.28. The number of phenolic OH excluding ortho intramolecular Hbond substituents is 2. The van der Waals surface area contributed by atoms with Gasteiger partial charge in [-0.15, -0.1) is 0 Å². The minimum absolute atomic E-state index is 0.00140. The lowest BCUT2D eigenvalue weighted by molar-refractivity contribution is 0.0947. The van der Waals surface area contributed by atoms with Crippen LogP contribution < -0.4 is 5.32 Å². The third-order valence-electron chi connectivity index (χ3n) is 4.61. The number of phenols is 2. The molecule has 2 aromatic heterocycles. The fourth-order valence-corrected chi connectivity index (χ4v) is 3.20. The van der Waals surface area contributed by atoms with E-state index in [1.165, 1.54) is 6.07 Å². The van der Waals surface area contributed by atoms with Crippen LogP contribution in [0.25, 0.3) is 22.6 Å². The molecular formula is C21H26N4O4. The van der Waals surface area contributed by atoms with Gasteiger partial charge in [-0.05, 0) is 37.0 Å². The van der Waals surface area contributed by atoms with E-state index in [0.717, 1.165) is 13.0 Å². The van der Waals surface area contributed by atoms with Gasteiger partial charge in [-0.3, -0.25) is 9.48 Å². The number of carbonyl (C=O) groups excluding carboxylic acids is 1. The fraction of sp³-hybridized carbons (Fsp3) is 0.381. The van der Waals surface area contributed by atoms with Crippen LogP contribution in [0.2, 0.25) is 0 Å². The Morgan fingerprint density at radius 2 is 2.00 bits per heavy atom. The number of amides is 1. The molecule has 0 bridgehead atoms. The summed E-state index contributed by atoms with van der Waals surface area (Å²) in [5, 5.41) is 31.9. The molecule has 0 aliphatic carbocycles. The molecule has 0 unspecified atom stereocenters. The Labute approximate surface area is 169 Å². The molecule has 3 N–H and O–H groups in total. The lowest BCUT2D eigenvalue weighted by Crippen LogP contribution is -2.23. The van der Waals surface area contributed by atoms with Gasteiger partial charge in [-0.25, -0.2) is 0 Å². The highest BCUT2D eigenvalue weighted by atomic mass is 16.5. The Morgan fingerprint density at radius 3 is 2.66 bits per heavy atom. The van der Waals surface area contributed by atoms with Crippen molar-refractivity contribution in [3.05, 3.63) is 35.7 Å². The smallest absolute Gasteiger partial charge is 0.274 e. The van der Waals surface area contributed by atoms with Crippen molar-refractivity contribution in [1.29, 1.82) is 0 Å². The van der Waals surface area contributed by atoms with Crippen LogP contribution in [0.4, 0.5) is 0 Å².